The highest BCUT2D eigenvalue weighted by atomic mass is 19.4. The zero-order chi connectivity index (χ0) is 20.5. The van der Waals surface area contributed by atoms with Crippen LogP contribution in [0, 0.1) is 0 Å². The standard InChI is InChI=1S/C17H14F3N5O3/c1-2-25-8-11(15(24-25)17(18,19)20)12-5-10(7-14(26)22-12)9-3-4-21-13(6-9)23-16(27)28/h3-8H,2H2,1H3,(H,21,23)(H,22,26)(H,27,28). The lowest BCUT2D eigenvalue weighted by Crippen LogP contribution is -2.11. The van der Waals surface area contributed by atoms with Gasteiger partial charge in [0, 0.05) is 30.6 Å². The van der Waals surface area contributed by atoms with Crippen LogP contribution in [0.25, 0.3) is 22.4 Å². The molecule has 28 heavy (non-hydrogen) atoms. The first-order valence-corrected chi connectivity index (χ1v) is 8.03. The number of halogens is 3. The van der Waals surface area contributed by atoms with Gasteiger partial charge in [0.05, 0.1) is 5.69 Å². The number of nitrogens with zero attached hydrogens (tertiary/aromatic N) is 3. The molecule has 0 saturated heterocycles. The number of nitrogens with one attached hydrogen (secondary N) is 2. The van der Waals surface area contributed by atoms with E-state index in [4.69, 9.17) is 5.11 Å². The number of H-pyrrole nitrogens is 1. The van der Waals surface area contributed by atoms with Crippen LogP contribution in [0.4, 0.5) is 23.8 Å². The van der Waals surface area contributed by atoms with Crippen LogP contribution in [0.3, 0.4) is 0 Å². The number of pyridine rings is 2. The van der Waals surface area contributed by atoms with E-state index in [0.29, 0.717) is 11.1 Å². The zero-order valence-electron chi connectivity index (χ0n) is 14.4. The molecule has 0 aromatic carbocycles. The number of hydrogen-bond acceptors (Lipinski definition) is 4. The van der Waals surface area contributed by atoms with Gasteiger partial charge in [0.25, 0.3) is 0 Å². The van der Waals surface area contributed by atoms with E-state index in [1.165, 1.54) is 36.7 Å². The molecule has 3 heterocycles. The summed E-state index contributed by atoms with van der Waals surface area (Å²) in [5.41, 5.74) is -1.33. The Morgan fingerprint density at radius 2 is 2.04 bits per heavy atom. The number of carbonyl (C=O) groups is 1. The van der Waals surface area contributed by atoms with Gasteiger partial charge in [-0.15, -0.1) is 0 Å². The second-order valence-electron chi connectivity index (χ2n) is 5.75. The molecular weight excluding hydrogens is 379 g/mol. The summed E-state index contributed by atoms with van der Waals surface area (Å²) in [6.45, 7) is 1.87. The van der Waals surface area contributed by atoms with Crippen molar-refractivity contribution in [2.75, 3.05) is 5.32 Å². The number of alkyl halides is 3. The Morgan fingerprint density at radius 3 is 2.68 bits per heavy atom. The molecule has 0 fully saturated rings. The Morgan fingerprint density at radius 1 is 1.29 bits per heavy atom. The molecule has 3 aromatic rings. The summed E-state index contributed by atoms with van der Waals surface area (Å²) in [6, 6.07) is 5.44. The van der Waals surface area contributed by atoms with Crippen molar-refractivity contribution >= 4 is 11.9 Å². The van der Waals surface area contributed by atoms with Crippen LogP contribution in [0.1, 0.15) is 12.6 Å². The fourth-order valence-corrected chi connectivity index (χ4v) is 2.63. The average Bonchev–Trinajstić information content (AvgIpc) is 3.06. The van der Waals surface area contributed by atoms with Gasteiger partial charge in [-0.3, -0.25) is 14.8 Å². The third-order valence-corrected chi connectivity index (χ3v) is 3.82. The number of aryl methyl sites for hydroxylation is 1. The molecule has 3 rings (SSSR count). The van der Waals surface area contributed by atoms with Gasteiger partial charge in [0.15, 0.2) is 5.69 Å². The molecule has 0 radical (unpaired) electrons. The monoisotopic (exact) mass is 393 g/mol. The van der Waals surface area contributed by atoms with Crippen molar-refractivity contribution in [3.63, 3.8) is 0 Å². The van der Waals surface area contributed by atoms with Gasteiger partial charge in [0.1, 0.15) is 5.82 Å². The van der Waals surface area contributed by atoms with E-state index in [0.717, 1.165) is 4.68 Å². The van der Waals surface area contributed by atoms with E-state index in [1.807, 2.05) is 0 Å². The van der Waals surface area contributed by atoms with Crippen LogP contribution in [-0.4, -0.2) is 30.9 Å². The zero-order valence-corrected chi connectivity index (χ0v) is 14.4. The maximum absolute atomic E-state index is 13.3. The Kier molecular flexibility index (Phi) is 4.91. The summed E-state index contributed by atoms with van der Waals surface area (Å²) in [6.07, 6.45) is -3.49. The molecule has 0 aliphatic rings. The van der Waals surface area contributed by atoms with Gasteiger partial charge in [-0.05, 0) is 36.2 Å². The number of anilines is 1. The number of carboxylic acid groups (broad SMARTS) is 1. The average molecular weight is 393 g/mol. The van der Waals surface area contributed by atoms with Crippen LogP contribution < -0.4 is 10.9 Å². The fraction of sp³-hybridized carbons (Fsp3) is 0.176. The Labute approximate surface area is 155 Å². The van der Waals surface area contributed by atoms with Gasteiger partial charge in [0.2, 0.25) is 5.56 Å². The van der Waals surface area contributed by atoms with Crippen molar-refractivity contribution in [2.45, 2.75) is 19.6 Å². The number of amides is 1. The van der Waals surface area contributed by atoms with Crippen molar-refractivity contribution in [1.29, 1.82) is 0 Å². The lowest BCUT2D eigenvalue weighted by Gasteiger charge is -2.09. The predicted octanol–water partition coefficient (Wildman–Crippen LogP) is 3.43. The largest absolute Gasteiger partial charge is 0.465 e. The molecule has 11 heteroatoms. The summed E-state index contributed by atoms with van der Waals surface area (Å²) in [5.74, 6) is 0.0154. The summed E-state index contributed by atoms with van der Waals surface area (Å²) in [7, 11) is 0. The molecule has 8 nitrogen and oxygen atoms in total. The number of aromatic amines is 1. The van der Waals surface area contributed by atoms with Crippen molar-refractivity contribution in [3.8, 4) is 22.4 Å². The first kappa shape index (κ1) is 19.1. The first-order valence-electron chi connectivity index (χ1n) is 8.03. The summed E-state index contributed by atoms with van der Waals surface area (Å²) in [4.78, 5) is 29.0. The highest BCUT2D eigenvalue weighted by molar-refractivity contribution is 5.83. The van der Waals surface area contributed by atoms with Crippen LogP contribution >= 0.6 is 0 Å². The van der Waals surface area contributed by atoms with Crippen LogP contribution in [0.15, 0.2) is 41.5 Å². The van der Waals surface area contributed by atoms with Crippen molar-refractivity contribution < 1.29 is 23.1 Å². The van der Waals surface area contributed by atoms with Gasteiger partial charge < -0.3 is 10.1 Å². The van der Waals surface area contributed by atoms with Crippen molar-refractivity contribution in [3.05, 3.63) is 52.7 Å². The van der Waals surface area contributed by atoms with Gasteiger partial charge >= 0.3 is 12.3 Å². The number of aromatic nitrogens is 4. The third-order valence-electron chi connectivity index (χ3n) is 3.82. The minimum absolute atomic E-state index is 0.0154. The van der Waals surface area contributed by atoms with Crippen LogP contribution in [-0.2, 0) is 12.7 Å². The first-order chi connectivity index (χ1) is 13.2. The van der Waals surface area contributed by atoms with E-state index < -0.39 is 23.5 Å². The number of hydrogen-bond donors (Lipinski definition) is 3. The molecule has 3 N–H and O–H groups in total. The molecule has 0 aliphatic carbocycles. The van der Waals surface area contributed by atoms with Gasteiger partial charge in [-0.2, -0.15) is 18.3 Å². The third kappa shape index (κ3) is 4.03. The molecule has 1 amide bonds. The second kappa shape index (κ2) is 7.18. The van der Waals surface area contributed by atoms with Crippen molar-refractivity contribution in [1.82, 2.24) is 19.7 Å². The molecule has 0 unspecified atom stereocenters. The highest BCUT2D eigenvalue weighted by Crippen LogP contribution is 2.36. The van der Waals surface area contributed by atoms with Crippen LogP contribution in [0.5, 0.6) is 0 Å². The van der Waals surface area contributed by atoms with Gasteiger partial charge in [-0.25, -0.2) is 9.78 Å². The molecule has 146 valence electrons. The molecule has 0 bridgehead atoms. The molecular formula is C17H14F3N5O3. The molecule has 0 saturated carbocycles. The Bertz CT molecular complexity index is 1090. The molecule has 0 aliphatic heterocycles. The quantitative estimate of drug-likeness (QED) is 0.629. The molecule has 0 atom stereocenters. The lowest BCUT2D eigenvalue weighted by molar-refractivity contribution is -0.141. The van der Waals surface area contributed by atoms with Crippen molar-refractivity contribution in [2.24, 2.45) is 0 Å². The normalized spacial score (nSPS) is 11.4. The summed E-state index contributed by atoms with van der Waals surface area (Å²) < 4.78 is 41.2. The fourth-order valence-electron chi connectivity index (χ4n) is 2.63. The number of rotatable bonds is 4. The Balaban J connectivity index is 2.13. The minimum Gasteiger partial charge on any atom is -0.465 e. The predicted molar refractivity (Wildman–Crippen MR) is 93.8 cm³/mol. The van der Waals surface area contributed by atoms with E-state index in [2.05, 4.69) is 20.4 Å². The maximum Gasteiger partial charge on any atom is 0.435 e. The lowest BCUT2D eigenvalue weighted by atomic mass is 10.0. The topological polar surface area (TPSA) is 113 Å². The van der Waals surface area contributed by atoms with E-state index in [9.17, 15) is 22.8 Å². The summed E-state index contributed by atoms with van der Waals surface area (Å²) in [5, 5.41) is 14.4. The molecule has 0 spiro atoms. The second-order valence-corrected chi connectivity index (χ2v) is 5.75. The highest BCUT2D eigenvalue weighted by Gasteiger charge is 2.37. The van der Waals surface area contributed by atoms with Gasteiger partial charge in [-0.1, -0.05) is 0 Å². The van der Waals surface area contributed by atoms with E-state index in [-0.39, 0.29) is 23.6 Å². The Hall–Kier alpha value is -3.63. The SMILES string of the molecule is CCn1cc(-c2cc(-c3ccnc(NC(=O)O)c3)cc(=O)[nH]2)c(C(F)(F)F)n1. The summed E-state index contributed by atoms with van der Waals surface area (Å²) >= 11 is 0. The maximum atomic E-state index is 13.3. The molecule has 3 aromatic heterocycles. The smallest absolute Gasteiger partial charge is 0.435 e. The minimum atomic E-state index is -4.70. The van der Waals surface area contributed by atoms with E-state index >= 15 is 0 Å². The van der Waals surface area contributed by atoms with E-state index in [1.54, 1.807) is 6.92 Å². The van der Waals surface area contributed by atoms with Crippen LogP contribution in [0.2, 0.25) is 0 Å².